The highest BCUT2D eigenvalue weighted by Crippen LogP contribution is 2.35. The average Bonchev–Trinajstić information content (AvgIpc) is 3.70. The summed E-state index contributed by atoms with van der Waals surface area (Å²) in [5.41, 5.74) is 3.86. The van der Waals surface area contributed by atoms with Gasteiger partial charge in [-0.1, -0.05) is 60.3 Å². The summed E-state index contributed by atoms with van der Waals surface area (Å²) in [6, 6.07) is 12.5. The first-order valence-electron chi connectivity index (χ1n) is 15.0. The standard InChI is InChI=1S/C18H20Cl2N4O.C15H17Cl3N2O/c1-4-16-17(11-23-7-5-6-21-23)22-24(12(2)3)18(16)25-15-9-13(19)8-14(20)10-15;1-4-13-14(8-16)19-20(9(2)3)15(13)21-12-6-10(17)5-11(18)7-12/h5-10,12H,4,11H2,1-3H3;5-7,9H,4,8H2,1-3H3. The van der Waals surface area contributed by atoms with Crippen molar-refractivity contribution in [1.29, 1.82) is 0 Å². The summed E-state index contributed by atoms with van der Waals surface area (Å²) < 4.78 is 17.8. The second kappa shape index (κ2) is 16.3. The quantitative estimate of drug-likeness (QED) is 0.127. The number of halogens is 5. The molecule has 0 spiro atoms. The molecular formula is C33H37Cl5N6O2. The molecule has 0 aliphatic heterocycles. The Balaban J connectivity index is 0.000000212. The maximum Gasteiger partial charge on any atom is 0.221 e. The number of hydrogen-bond donors (Lipinski definition) is 0. The van der Waals surface area contributed by atoms with Crippen LogP contribution in [0.5, 0.6) is 23.3 Å². The molecule has 0 saturated carbocycles. The van der Waals surface area contributed by atoms with E-state index in [1.54, 1.807) is 42.6 Å². The van der Waals surface area contributed by atoms with E-state index in [9.17, 15) is 0 Å². The maximum atomic E-state index is 6.16. The topological polar surface area (TPSA) is 71.9 Å². The Hall–Kier alpha value is -2.88. The van der Waals surface area contributed by atoms with Gasteiger partial charge in [0.05, 0.1) is 35.9 Å². The van der Waals surface area contributed by atoms with E-state index in [1.165, 1.54) is 0 Å². The summed E-state index contributed by atoms with van der Waals surface area (Å²) in [5, 5.41) is 15.7. The minimum absolute atomic E-state index is 0.154. The van der Waals surface area contributed by atoms with Crippen LogP contribution in [0.2, 0.25) is 20.1 Å². The number of hydrogen-bond acceptors (Lipinski definition) is 5. The van der Waals surface area contributed by atoms with Gasteiger partial charge in [0.15, 0.2) is 0 Å². The van der Waals surface area contributed by atoms with Crippen molar-refractivity contribution in [3.8, 4) is 23.3 Å². The van der Waals surface area contributed by atoms with Gasteiger partial charge in [-0.25, -0.2) is 9.36 Å². The molecule has 246 valence electrons. The van der Waals surface area contributed by atoms with Gasteiger partial charge in [-0.3, -0.25) is 4.68 Å². The lowest BCUT2D eigenvalue weighted by Crippen LogP contribution is -2.06. The summed E-state index contributed by atoms with van der Waals surface area (Å²) >= 11 is 30.2. The SMILES string of the molecule is CCc1c(CCl)nn(C(C)C)c1Oc1cc(Cl)cc(Cl)c1.CCc1c(Cn2cccn2)nn(C(C)C)c1Oc1cc(Cl)cc(Cl)c1. The predicted molar refractivity (Wildman–Crippen MR) is 188 cm³/mol. The van der Waals surface area contributed by atoms with Gasteiger partial charge in [0.2, 0.25) is 11.8 Å². The van der Waals surface area contributed by atoms with Crippen molar-refractivity contribution < 1.29 is 9.47 Å². The molecule has 0 aliphatic carbocycles. The summed E-state index contributed by atoms with van der Waals surface area (Å²) in [5.74, 6) is 2.96. The summed E-state index contributed by atoms with van der Waals surface area (Å²) in [6.45, 7) is 13.0. The monoisotopic (exact) mass is 724 g/mol. The number of nitrogens with zero attached hydrogens (tertiary/aromatic N) is 6. The molecule has 0 N–H and O–H groups in total. The number of aromatic nitrogens is 6. The number of benzene rings is 2. The van der Waals surface area contributed by atoms with E-state index < -0.39 is 0 Å². The van der Waals surface area contributed by atoms with Gasteiger partial charge in [-0.05, 0) is 83.0 Å². The first kappa shape index (κ1) is 36.0. The molecule has 5 aromatic rings. The third-order valence-electron chi connectivity index (χ3n) is 6.87. The molecule has 0 amide bonds. The van der Waals surface area contributed by atoms with Crippen molar-refractivity contribution >= 4 is 58.0 Å². The molecule has 0 aliphatic rings. The first-order valence-corrected chi connectivity index (χ1v) is 17.0. The van der Waals surface area contributed by atoms with Crippen LogP contribution in [0, 0.1) is 0 Å². The fourth-order valence-corrected chi connectivity index (χ4v) is 6.03. The lowest BCUT2D eigenvalue weighted by Gasteiger charge is -2.13. The Kier molecular flexibility index (Phi) is 12.7. The van der Waals surface area contributed by atoms with Gasteiger partial charge in [0.1, 0.15) is 11.5 Å². The fourth-order valence-electron chi connectivity index (χ4n) is 4.80. The summed E-state index contributed by atoms with van der Waals surface area (Å²) in [4.78, 5) is 0. The van der Waals surface area contributed by atoms with Gasteiger partial charge in [-0.2, -0.15) is 15.3 Å². The third kappa shape index (κ3) is 8.92. The van der Waals surface area contributed by atoms with Crippen molar-refractivity contribution in [1.82, 2.24) is 29.3 Å². The summed E-state index contributed by atoms with van der Waals surface area (Å²) in [6.07, 6.45) is 5.27. The fraction of sp³-hybridized carbons (Fsp3) is 0.364. The van der Waals surface area contributed by atoms with E-state index in [0.29, 0.717) is 49.9 Å². The van der Waals surface area contributed by atoms with E-state index >= 15 is 0 Å². The molecule has 0 fully saturated rings. The third-order valence-corrected chi connectivity index (χ3v) is 8.00. The molecule has 0 unspecified atom stereocenters. The molecule has 0 radical (unpaired) electrons. The molecule has 13 heteroatoms. The van der Waals surface area contributed by atoms with Crippen LogP contribution in [-0.4, -0.2) is 29.3 Å². The van der Waals surface area contributed by atoms with Crippen LogP contribution in [-0.2, 0) is 25.3 Å². The lowest BCUT2D eigenvalue weighted by molar-refractivity contribution is 0.384. The average molecular weight is 727 g/mol. The highest BCUT2D eigenvalue weighted by molar-refractivity contribution is 6.35. The molecular weight excluding hydrogens is 690 g/mol. The molecule has 0 atom stereocenters. The Morgan fingerprint density at radius 2 is 1.11 bits per heavy atom. The predicted octanol–water partition coefficient (Wildman–Crippen LogP) is 11.2. The normalized spacial score (nSPS) is 11.2. The van der Waals surface area contributed by atoms with Crippen LogP contribution in [0.1, 0.15) is 76.1 Å². The Morgan fingerprint density at radius 1 is 0.674 bits per heavy atom. The van der Waals surface area contributed by atoms with Gasteiger partial charge in [0.25, 0.3) is 0 Å². The minimum Gasteiger partial charge on any atom is -0.439 e. The molecule has 0 bridgehead atoms. The number of ether oxygens (including phenoxy) is 2. The largest absolute Gasteiger partial charge is 0.439 e. The summed E-state index contributed by atoms with van der Waals surface area (Å²) in [7, 11) is 0. The lowest BCUT2D eigenvalue weighted by atomic mass is 10.2. The number of rotatable bonds is 11. The molecule has 3 aromatic heterocycles. The van der Waals surface area contributed by atoms with Crippen LogP contribution in [0.15, 0.2) is 54.9 Å². The van der Waals surface area contributed by atoms with Crippen molar-refractivity contribution in [3.63, 3.8) is 0 Å². The molecule has 0 saturated heterocycles. The second-order valence-corrected chi connectivity index (χ2v) is 13.0. The van der Waals surface area contributed by atoms with Crippen molar-refractivity contribution in [3.05, 3.63) is 97.5 Å². The van der Waals surface area contributed by atoms with E-state index in [0.717, 1.165) is 41.2 Å². The Bertz CT molecular complexity index is 1710. The zero-order chi connectivity index (χ0) is 33.5. The Morgan fingerprint density at radius 3 is 1.48 bits per heavy atom. The molecule has 5 rings (SSSR count). The molecule has 46 heavy (non-hydrogen) atoms. The van der Waals surface area contributed by atoms with Crippen molar-refractivity contribution in [2.75, 3.05) is 0 Å². The van der Waals surface area contributed by atoms with Gasteiger partial charge in [0, 0.05) is 43.6 Å². The van der Waals surface area contributed by atoms with Crippen LogP contribution < -0.4 is 9.47 Å². The zero-order valence-electron chi connectivity index (χ0n) is 26.6. The highest BCUT2D eigenvalue weighted by atomic mass is 35.5. The van der Waals surface area contributed by atoms with Crippen LogP contribution in [0.3, 0.4) is 0 Å². The second-order valence-electron chi connectivity index (χ2n) is 11.0. The van der Waals surface area contributed by atoms with Gasteiger partial charge in [-0.15, -0.1) is 11.6 Å². The smallest absolute Gasteiger partial charge is 0.221 e. The van der Waals surface area contributed by atoms with Crippen molar-refractivity contribution in [2.45, 2.75) is 78.9 Å². The molecule has 8 nitrogen and oxygen atoms in total. The van der Waals surface area contributed by atoms with Crippen LogP contribution in [0.25, 0.3) is 0 Å². The van der Waals surface area contributed by atoms with Crippen LogP contribution in [0.4, 0.5) is 0 Å². The molecule has 3 heterocycles. The molecule has 2 aromatic carbocycles. The van der Waals surface area contributed by atoms with Crippen molar-refractivity contribution in [2.24, 2.45) is 0 Å². The first-order chi connectivity index (χ1) is 21.9. The van der Waals surface area contributed by atoms with Gasteiger partial charge >= 0.3 is 0 Å². The van der Waals surface area contributed by atoms with E-state index in [1.807, 2.05) is 40.2 Å². The minimum atomic E-state index is 0.154. The Labute approximate surface area is 295 Å². The van der Waals surface area contributed by atoms with E-state index in [2.05, 4.69) is 37.9 Å². The number of alkyl halides is 1. The van der Waals surface area contributed by atoms with Crippen LogP contribution >= 0.6 is 58.0 Å². The zero-order valence-corrected chi connectivity index (χ0v) is 30.3. The maximum absolute atomic E-state index is 6.16. The van der Waals surface area contributed by atoms with E-state index in [4.69, 9.17) is 72.6 Å². The highest BCUT2D eigenvalue weighted by Gasteiger charge is 2.22. The van der Waals surface area contributed by atoms with Gasteiger partial charge < -0.3 is 9.47 Å². The van der Waals surface area contributed by atoms with E-state index in [-0.39, 0.29) is 12.1 Å².